The first-order valence-electron chi connectivity index (χ1n) is 10.5. The van der Waals surface area contributed by atoms with E-state index in [2.05, 4.69) is 22.1 Å². The van der Waals surface area contributed by atoms with Crippen molar-refractivity contribution in [1.82, 2.24) is 14.7 Å². The first kappa shape index (κ1) is 22.0. The van der Waals surface area contributed by atoms with E-state index in [0.29, 0.717) is 40.8 Å². The van der Waals surface area contributed by atoms with Gasteiger partial charge < -0.3 is 4.74 Å². The number of ether oxygens (including phenoxy) is 1. The molecule has 3 aromatic rings. The van der Waals surface area contributed by atoms with Crippen molar-refractivity contribution in [3.63, 3.8) is 0 Å². The number of methoxy groups -OCH3 is 1. The summed E-state index contributed by atoms with van der Waals surface area (Å²) >= 11 is 6.34. The number of H-pyrrole nitrogens is 1. The molecule has 8 heteroatoms. The van der Waals surface area contributed by atoms with E-state index in [1.807, 2.05) is 18.2 Å². The highest BCUT2D eigenvalue weighted by molar-refractivity contribution is 6.32. The van der Waals surface area contributed by atoms with Gasteiger partial charge in [-0.05, 0) is 24.1 Å². The highest BCUT2D eigenvalue weighted by Gasteiger charge is 2.25. The molecule has 0 amide bonds. The Morgan fingerprint density at radius 2 is 1.91 bits per heavy atom. The zero-order valence-electron chi connectivity index (χ0n) is 17.9. The molecular formula is C24H25ClN4O3. The van der Waals surface area contributed by atoms with Crippen LogP contribution in [0.2, 0.25) is 5.02 Å². The van der Waals surface area contributed by atoms with Crippen molar-refractivity contribution in [2.75, 3.05) is 26.7 Å². The molecule has 0 bridgehead atoms. The van der Waals surface area contributed by atoms with E-state index in [1.54, 1.807) is 24.3 Å². The van der Waals surface area contributed by atoms with Gasteiger partial charge in [-0.2, -0.15) is 0 Å². The molecular weight excluding hydrogens is 428 g/mol. The third-order valence-electron chi connectivity index (χ3n) is 5.45. The highest BCUT2D eigenvalue weighted by Crippen LogP contribution is 2.20. The fourth-order valence-corrected chi connectivity index (χ4v) is 4.13. The van der Waals surface area contributed by atoms with Crippen molar-refractivity contribution in [3.8, 4) is 5.69 Å². The van der Waals surface area contributed by atoms with E-state index in [0.717, 1.165) is 19.5 Å². The first-order chi connectivity index (χ1) is 15.6. The second kappa shape index (κ2) is 9.97. The van der Waals surface area contributed by atoms with Crippen LogP contribution in [0.25, 0.3) is 5.69 Å². The molecule has 0 radical (unpaired) electrons. The number of aromatic nitrogens is 2. The maximum Gasteiger partial charge on any atom is 0.311 e. The zero-order valence-corrected chi connectivity index (χ0v) is 18.6. The molecule has 0 fully saturated rings. The summed E-state index contributed by atoms with van der Waals surface area (Å²) in [4.78, 5) is 32.6. The molecule has 0 spiro atoms. The normalized spacial score (nSPS) is 14.6. The number of aromatic amines is 1. The molecule has 1 N–H and O–H groups in total. The summed E-state index contributed by atoms with van der Waals surface area (Å²) in [6.45, 7) is 2.76. The van der Waals surface area contributed by atoms with E-state index in [9.17, 15) is 9.59 Å². The largest absolute Gasteiger partial charge is 0.469 e. The Kier molecular flexibility index (Phi) is 6.87. The van der Waals surface area contributed by atoms with Gasteiger partial charge in [0.1, 0.15) is 0 Å². The molecule has 32 heavy (non-hydrogen) atoms. The summed E-state index contributed by atoms with van der Waals surface area (Å²) in [5.74, 6) is -0.436. The molecule has 0 unspecified atom stereocenters. The lowest BCUT2D eigenvalue weighted by Gasteiger charge is -2.20. The van der Waals surface area contributed by atoms with Crippen molar-refractivity contribution in [3.05, 3.63) is 86.8 Å². The summed E-state index contributed by atoms with van der Waals surface area (Å²) in [6.07, 6.45) is 0.835. The average molecular weight is 453 g/mol. The fraction of sp³-hybridized carbons (Fsp3) is 0.292. The van der Waals surface area contributed by atoms with E-state index in [-0.39, 0.29) is 12.0 Å². The van der Waals surface area contributed by atoms with Gasteiger partial charge in [-0.3, -0.25) is 24.6 Å². The van der Waals surface area contributed by atoms with Gasteiger partial charge in [0.15, 0.2) is 0 Å². The van der Waals surface area contributed by atoms with E-state index < -0.39 is 5.97 Å². The van der Waals surface area contributed by atoms with Gasteiger partial charge in [-0.15, -0.1) is 0 Å². The zero-order chi connectivity index (χ0) is 22.5. The fourth-order valence-electron chi connectivity index (χ4n) is 3.91. The summed E-state index contributed by atoms with van der Waals surface area (Å²) in [6, 6.07) is 17.3. The van der Waals surface area contributed by atoms with Crippen LogP contribution >= 0.6 is 11.6 Å². The standard InChI is InChI=1S/C24H25ClN4O3/c1-32-22(30)14-19-23(24(31)29(27-19)21-11-6-5-10-18(21)25)20-16-28(13-7-12-26-20)15-17-8-3-2-4-9-17/h2-6,8-11,27H,7,12-16H2,1H3. The number of hydrogen-bond donors (Lipinski definition) is 1. The molecule has 0 saturated carbocycles. The van der Waals surface area contributed by atoms with Crippen LogP contribution in [-0.4, -0.2) is 53.1 Å². The number of aliphatic imine (C=N–C) groups is 1. The molecule has 0 saturated heterocycles. The topological polar surface area (TPSA) is 79.7 Å². The van der Waals surface area contributed by atoms with Crippen LogP contribution in [0.5, 0.6) is 0 Å². The lowest BCUT2D eigenvalue weighted by Crippen LogP contribution is -2.32. The number of halogens is 1. The Bertz CT molecular complexity index is 1180. The Labute approximate surface area is 191 Å². The minimum absolute atomic E-state index is 0.0593. The number of hydrogen-bond acceptors (Lipinski definition) is 5. The highest BCUT2D eigenvalue weighted by atomic mass is 35.5. The average Bonchev–Trinajstić information content (AvgIpc) is 2.96. The maximum atomic E-state index is 13.5. The van der Waals surface area contributed by atoms with Crippen molar-refractivity contribution < 1.29 is 9.53 Å². The molecule has 2 aromatic carbocycles. The minimum atomic E-state index is -0.436. The lowest BCUT2D eigenvalue weighted by molar-refractivity contribution is -0.139. The maximum absolute atomic E-state index is 13.5. The summed E-state index contributed by atoms with van der Waals surface area (Å²) in [5, 5.41) is 3.51. The molecule has 0 aliphatic carbocycles. The van der Waals surface area contributed by atoms with Crippen LogP contribution in [0.1, 0.15) is 23.2 Å². The molecule has 2 heterocycles. The summed E-state index contributed by atoms with van der Waals surface area (Å²) in [5.41, 5.74) is 3.00. The number of esters is 1. The number of benzene rings is 2. The van der Waals surface area contributed by atoms with Gasteiger partial charge in [-0.25, -0.2) is 4.68 Å². The number of carbonyl (C=O) groups is 1. The number of rotatable bonds is 6. The van der Waals surface area contributed by atoms with Gasteiger partial charge in [0.05, 0.1) is 41.2 Å². The third kappa shape index (κ3) is 4.84. The Hall–Kier alpha value is -3.16. The van der Waals surface area contributed by atoms with Crippen LogP contribution in [0.4, 0.5) is 0 Å². The molecule has 4 rings (SSSR count). The quantitative estimate of drug-likeness (QED) is 0.582. The van der Waals surface area contributed by atoms with Gasteiger partial charge in [-0.1, -0.05) is 54.1 Å². The summed E-state index contributed by atoms with van der Waals surface area (Å²) < 4.78 is 6.23. The Balaban J connectivity index is 1.73. The molecule has 166 valence electrons. The van der Waals surface area contributed by atoms with Crippen LogP contribution in [0, 0.1) is 0 Å². The Morgan fingerprint density at radius 1 is 1.16 bits per heavy atom. The smallest absolute Gasteiger partial charge is 0.311 e. The number of nitrogens with one attached hydrogen (secondary N) is 1. The monoisotopic (exact) mass is 452 g/mol. The van der Waals surface area contributed by atoms with Crippen molar-refractivity contribution in [2.24, 2.45) is 4.99 Å². The van der Waals surface area contributed by atoms with Crippen LogP contribution in [0.15, 0.2) is 64.4 Å². The van der Waals surface area contributed by atoms with Crippen LogP contribution < -0.4 is 5.56 Å². The van der Waals surface area contributed by atoms with Gasteiger partial charge in [0, 0.05) is 26.2 Å². The number of para-hydroxylation sites is 1. The van der Waals surface area contributed by atoms with Crippen molar-refractivity contribution >= 4 is 23.3 Å². The SMILES string of the molecule is COC(=O)Cc1[nH]n(-c2ccccc2Cl)c(=O)c1C1=NCCCN(Cc2ccccc2)C1. The van der Waals surface area contributed by atoms with Crippen LogP contribution in [0.3, 0.4) is 0 Å². The lowest BCUT2D eigenvalue weighted by atomic mass is 10.1. The van der Waals surface area contributed by atoms with Crippen LogP contribution in [-0.2, 0) is 22.5 Å². The number of nitrogens with zero attached hydrogens (tertiary/aromatic N) is 3. The molecule has 7 nitrogen and oxygen atoms in total. The van der Waals surface area contributed by atoms with E-state index in [4.69, 9.17) is 21.3 Å². The molecule has 0 atom stereocenters. The minimum Gasteiger partial charge on any atom is -0.469 e. The second-order valence-electron chi connectivity index (χ2n) is 7.69. The van der Waals surface area contributed by atoms with Gasteiger partial charge in [0.25, 0.3) is 5.56 Å². The molecule has 1 aromatic heterocycles. The van der Waals surface area contributed by atoms with Crippen molar-refractivity contribution in [1.29, 1.82) is 0 Å². The van der Waals surface area contributed by atoms with E-state index in [1.165, 1.54) is 17.4 Å². The van der Waals surface area contributed by atoms with Gasteiger partial charge >= 0.3 is 5.97 Å². The van der Waals surface area contributed by atoms with Gasteiger partial charge in [0.2, 0.25) is 0 Å². The predicted molar refractivity (Wildman–Crippen MR) is 125 cm³/mol. The molecule has 1 aliphatic rings. The number of carbonyl (C=O) groups excluding carboxylic acids is 1. The van der Waals surface area contributed by atoms with E-state index >= 15 is 0 Å². The predicted octanol–water partition coefficient (Wildman–Crippen LogP) is 3.23. The molecule has 1 aliphatic heterocycles. The second-order valence-corrected chi connectivity index (χ2v) is 8.10. The third-order valence-corrected chi connectivity index (χ3v) is 5.77. The Morgan fingerprint density at radius 3 is 2.66 bits per heavy atom. The summed E-state index contributed by atoms with van der Waals surface area (Å²) in [7, 11) is 1.33. The first-order valence-corrected chi connectivity index (χ1v) is 10.9. The van der Waals surface area contributed by atoms with Crippen molar-refractivity contribution in [2.45, 2.75) is 19.4 Å².